The van der Waals surface area contributed by atoms with Gasteiger partial charge in [0.25, 0.3) is 0 Å². The van der Waals surface area contributed by atoms with Gasteiger partial charge in [0.2, 0.25) is 16.1 Å². The highest BCUT2D eigenvalue weighted by Crippen LogP contribution is 2.28. The lowest BCUT2D eigenvalue weighted by molar-refractivity contribution is 0.259. The number of hydrogen-bond acceptors (Lipinski definition) is 5. The highest BCUT2D eigenvalue weighted by atomic mass is 32.2. The Labute approximate surface area is 123 Å². The van der Waals surface area contributed by atoms with Crippen LogP contribution in [0.1, 0.15) is 30.4 Å². The van der Waals surface area contributed by atoms with E-state index in [0.717, 1.165) is 12.8 Å². The minimum atomic E-state index is -3.79. The van der Waals surface area contributed by atoms with Crippen LogP contribution in [0.15, 0.2) is 28.1 Å². The average molecular weight is 305 g/mol. The maximum absolute atomic E-state index is 12.8. The van der Waals surface area contributed by atoms with E-state index in [1.54, 1.807) is 19.1 Å². The Kier molecular flexibility index (Phi) is 4.53. The van der Waals surface area contributed by atoms with Gasteiger partial charge in [-0.15, -0.1) is 0 Å². The van der Waals surface area contributed by atoms with Crippen molar-refractivity contribution in [2.75, 3.05) is 6.54 Å². The van der Waals surface area contributed by atoms with Gasteiger partial charge < -0.3 is 0 Å². The molecule has 1 aliphatic heterocycles. The summed E-state index contributed by atoms with van der Waals surface area (Å²) in [5, 5.41) is 8.94. The predicted octanol–water partition coefficient (Wildman–Crippen LogP) is 1.70. The van der Waals surface area contributed by atoms with Crippen LogP contribution in [0.3, 0.4) is 0 Å². The first-order chi connectivity index (χ1) is 10.0. The zero-order valence-corrected chi connectivity index (χ0v) is 12.4. The molecule has 0 aromatic heterocycles. The van der Waals surface area contributed by atoms with E-state index in [4.69, 9.17) is 5.26 Å². The zero-order chi connectivity index (χ0) is 15.5. The van der Waals surface area contributed by atoms with E-state index < -0.39 is 16.2 Å². The van der Waals surface area contributed by atoms with Crippen molar-refractivity contribution < 1.29 is 13.2 Å². The van der Waals surface area contributed by atoms with Crippen LogP contribution in [-0.4, -0.2) is 31.5 Å². The lowest BCUT2D eigenvalue weighted by atomic mass is 10.1. The largest absolute Gasteiger partial charge is 0.245 e. The monoisotopic (exact) mass is 305 g/mol. The van der Waals surface area contributed by atoms with Crippen molar-refractivity contribution >= 4 is 16.1 Å². The summed E-state index contributed by atoms with van der Waals surface area (Å²) in [6, 6.07) is 6.48. The molecule has 1 aromatic rings. The molecule has 7 heteroatoms. The lowest BCUT2D eigenvalue weighted by Crippen LogP contribution is -2.42. The van der Waals surface area contributed by atoms with Gasteiger partial charge in [-0.3, -0.25) is 0 Å². The number of benzene rings is 1. The summed E-state index contributed by atoms with van der Waals surface area (Å²) in [6.07, 6.45) is 2.79. The second-order valence-electron chi connectivity index (χ2n) is 4.90. The number of aryl methyl sites for hydroxylation is 1. The molecule has 0 aliphatic carbocycles. The molecule has 1 heterocycles. The smallest absolute Gasteiger partial charge is 0.211 e. The van der Waals surface area contributed by atoms with Crippen molar-refractivity contribution in [3.8, 4) is 6.07 Å². The Balaban J connectivity index is 2.50. The number of sulfonamides is 1. The van der Waals surface area contributed by atoms with Crippen LogP contribution in [0.2, 0.25) is 0 Å². The first-order valence-corrected chi connectivity index (χ1v) is 8.04. The minimum absolute atomic E-state index is 0.0922. The second-order valence-corrected chi connectivity index (χ2v) is 6.76. The SMILES string of the molecule is Cc1ccc(C#N)cc1S(=O)(=O)N1CCCCC1N=C=O. The number of nitrogens with zero attached hydrogens (tertiary/aromatic N) is 3. The van der Waals surface area contributed by atoms with Crippen molar-refractivity contribution in [2.24, 2.45) is 4.99 Å². The summed E-state index contributed by atoms with van der Waals surface area (Å²) in [5.74, 6) is 0. The zero-order valence-electron chi connectivity index (χ0n) is 11.6. The first-order valence-electron chi connectivity index (χ1n) is 6.60. The van der Waals surface area contributed by atoms with Crippen molar-refractivity contribution in [1.29, 1.82) is 5.26 Å². The molecule has 0 radical (unpaired) electrons. The average Bonchev–Trinajstić information content (AvgIpc) is 2.48. The third-order valence-corrected chi connectivity index (χ3v) is 5.57. The molecule has 6 nitrogen and oxygen atoms in total. The van der Waals surface area contributed by atoms with E-state index in [0.29, 0.717) is 18.5 Å². The molecule has 1 saturated heterocycles. The third-order valence-electron chi connectivity index (χ3n) is 3.53. The molecule has 1 aliphatic rings. The Morgan fingerprint density at radius 3 is 2.81 bits per heavy atom. The summed E-state index contributed by atoms with van der Waals surface area (Å²) in [6.45, 7) is 1.99. The highest BCUT2D eigenvalue weighted by Gasteiger charge is 2.34. The van der Waals surface area contributed by atoms with Crippen molar-refractivity contribution in [2.45, 2.75) is 37.2 Å². The lowest BCUT2D eigenvalue weighted by Gasteiger charge is -2.31. The van der Waals surface area contributed by atoms with E-state index in [2.05, 4.69) is 4.99 Å². The quantitative estimate of drug-likeness (QED) is 0.628. The third kappa shape index (κ3) is 3.03. The highest BCUT2D eigenvalue weighted by molar-refractivity contribution is 7.89. The number of rotatable bonds is 3. The second kappa shape index (κ2) is 6.19. The van der Waals surface area contributed by atoms with Crippen LogP contribution in [-0.2, 0) is 14.8 Å². The molecule has 0 amide bonds. The molecule has 21 heavy (non-hydrogen) atoms. The van der Waals surface area contributed by atoms with Gasteiger partial charge in [0, 0.05) is 6.54 Å². The molecule has 1 unspecified atom stereocenters. The predicted molar refractivity (Wildman–Crippen MR) is 75.5 cm³/mol. The van der Waals surface area contributed by atoms with Gasteiger partial charge in [0.15, 0.2) is 0 Å². The van der Waals surface area contributed by atoms with Crippen LogP contribution in [0.4, 0.5) is 0 Å². The number of carbonyl (C=O) groups excluding carboxylic acids is 1. The number of piperidine rings is 1. The standard InChI is InChI=1S/C14H15N3O3S/c1-11-5-6-12(9-15)8-13(11)21(19,20)17-7-3-2-4-14(17)16-10-18/h5-6,8,14H,2-4,7H2,1H3. The normalized spacial score (nSPS) is 19.5. The van der Waals surface area contributed by atoms with E-state index in [1.165, 1.54) is 16.5 Å². The summed E-state index contributed by atoms with van der Waals surface area (Å²) < 4.78 is 26.8. The van der Waals surface area contributed by atoms with Crippen LogP contribution < -0.4 is 0 Å². The summed E-state index contributed by atoms with van der Waals surface area (Å²) in [5.41, 5.74) is 0.847. The molecule has 1 atom stereocenters. The molecule has 110 valence electrons. The molecular formula is C14H15N3O3S. The van der Waals surface area contributed by atoms with Crippen molar-refractivity contribution in [1.82, 2.24) is 4.31 Å². The number of aliphatic imine (C=N–C) groups is 1. The van der Waals surface area contributed by atoms with E-state index >= 15 is 0 Å². The molecule has 0 saturated carbocycles. The van der Waals surface area contributed by atoms with Gasteiger partial charge in [-0.2, -0.15) is 14.6 Å². The minimum Gasteiger partial charge on any atom is -0.211 e. The van der Waals surface area contributed by atoms with Gasteiger partial charge >= 0.3 is 0 Å². The molecule has 1 aromatic carbocycles. The van der Waals surface area contributed by atoms with Crippen LogP contribution >= 0.6 is 0 Å². The van der Waals surface area contributed by atoms with Crippen molar-refractivity contribution in [3.63, 3.8) is 0 Å². The number of isocyanates is 1. The van der Waals surface area contributed by atoms with Crippen LogP contribution in [0.25, 0.3) is 0 Å². The summed E-state index contributed by atoms with van der Waals surface area (Å²) in [7, 11) is -3.79. The molecular weight excluding hydrogens is 290 g/mol. The number of nitriles is 1. The van der Waals surface area contributed by atoms with E-state index in [-0.39, 0.29) is 10.5 Å². The van der Waals surface area contributed by atoms with Gasteiger partial charge in [0.1, 0.15) is 6.17 Å². The summed E-state index contributed by atoms with van der Waals surface area (Å²) in [4.78, 5) is 14.2. The molecule has 0 spiro atoms. The Hall–Kier alpha value is -2.00. The molecule has 0 N–H and O–H groups in total. The maximum atomic E-state index is 12.8. The Morgan fingerprint density at radius 2 is 2.14 bits per heavy atom. The van der Waals surface area contributed by atoms with Gasteiger partial charge in [0.05, 0.1) is 16.5 Å². The number of hydrogen-bond donors (Lipinski definition) is 0. The van der Waals surface area contributed by atoms with Gasteiger partial charge in [-0.05, 0) is 43.9 Å². The van der Waals surface area contributed by atoms with Crippen molar-refractivity contribution in [3.05, 3.63) is 29.3 Å². The Morgan fingerprint density at radius 1 is 1.38 bits per heavy atom. The maximum Gasteiger partial charge on any atom is 0.245 e. The molecule has 1 fully saturated rings. The fraction of sp³-hybridized carbons (Fsp3) is 0.429. The fourth-order valence-corrected chi connectivity index (χ4v) is 4.28. The fourth-order valence-electron chi connectivity index (χ4n) is 2.43. The van der Waals surface area contributed by atoms with Gasteiger partial charge in [-0.1, -0.05) is 6.07 Å². The Bertz CT molecular complexity index is 730. The first kappa shape index (κ1) is 15.4. The molecule has 0 bridgehead atoms. The topological polar surface area (TPSA) is 90.6 Å². The van der Waals surface area contributed by atoms with E-state index in [9.17, 15) is 13.2 Å². The van der Waals surface area contributed by atoms with Gasteiger partial charge in [-0.25, -0.2) is 13.2 Å². The molecule has 2 rings (SSSR count). The van der Waals surface area contributed by atoms with Crippen LogP contribution in [0.5, 0.6) is 0 Å². The van der Waals surface area contributed by atoms with E-state index in [1.807, 2.05) is 6.07 Å². The van der Waals surface area contributed by atoms with Crippen LogP contribution in [0, 0.1) is 18.3 Å². The summed E-state index contributed by atoms with van der Waals surface area (Å²) >= 11 is 0.